The van der Waals surface area contributed by atoms with Crippen LogP contribution in [0.5, 0.6) is 0 Å². The van der Waals surface area contributed by atoms with Gasteiger partial charge in [-0.3, -0.25) is 0 Å². The van der Waals surface area contributed by atoms with Crippen LogP contribution in [0.15, 0.2) is 0 Å². The van der Waals surface area contributed by atoms with Crippen molar-refractivity contribution in [3.63, 3.8) is 0 Å². The summed E-state index contributed by atoms with van der Waals surface area (Å²) in [4.78, 5) is 0. The van der Waals surface area contributed by atoms with E-state index in [1.54, 1.807) is 0 Å². The molecular formula is C15H26F3NO. The van der Waals surface area contributed by atoms with Gasteiger partial charge in [-0.2, -0.15) is 13.2 Å². The summed E-state index contributed by atoms with van der Waals surface area (Å²) in [5.41, 5.74) is 0.305. The third kappa shape index (κ3) is 4.62. The molecule has 3 atom stereocenters. The van der Waals surface area contributed by atoms with Crippen molar-refractivity contribution in [2.45, 2.75) is 83.2 Å². The second kappa shape index (κ2) is 6.22. The van der Waals surface area contributed by atoms with Crippen LogP contribution in [0.25, 0.3) is 0 Å². The predicted octanol–water partition coefficient (Wildman–Crippen LogP) is 4.04. The van der Waals surface area contributed by atoms with Crippen LogP contribution in [0.3, 0.4) is 0 Å². The van der Waals surface area contributed by atoms with E-state index >= 15 is 0 Å². The number of hydrogen-bond acceptors (Lipinski definition) is 2. The zero-order valence-corrected chi connectivity index (χ0v) is 12.4. The number of ether oxygens (including phenoxy) is 1. The van der Waals surface area contributed by atoms with Crippen LogP contribution in [0.4, 0.5) is 13.2 Å². The average molecular weight is 293 g/mol. The topological polar surface area (TPSA) is 21.3 Å². The highest BCUT2D eigenvalue weighted by Gasteiger charge is 2.37. The van der Waals surface area contributed by atoms with Gasteiger partial charge in [0.1, 0.15) is 6.61 Å². The maximum Gasteiger partial charge on any atom is 0.411 e. The minimum absolute atomic E-state index is 0.243. The first-order valence-electron chi connectivity index (χ1n) is 7.71. The Labute approximate surface area is 119 Å². The van der Waals surface area contributed by atoms with Crippen LogP contribution >= 0.6 is 0 Å². The summed E-state index contributed by atoms with van der Waals surface area (Å²) in [7, 11) is 0. The molecule has 1 N–H and O–H groups in total. The normalized spacial score (nSPS) is 34.4. The number of nitrogens with one attached hydrogen (secondary N) is 1. The predicted molar refractivity (Wildman–Crippen MR) is 72.6 cm³/mol. The smallest absolute Gasteiger partial charge is 0.369 e. The molecule has 2 rings (SSSR count). The fourth-order valence-electron chi connectivity index (χ4n) is 3.58. The summed E-state index contributed by atoms with van der Waals surface area (Å²) in [5, 5.41) is 3.67. The standard InChI is InChI=1S/C15H26F3NO/c1-14(2)8-4-7-13(14)19-11-5-3-6-12(9-11)20-10-15(16,17)18/h11-13,19H,3-10H2,1-2H3. The first-order valence-corrected chi connectivity index (χ1v) is 7.71. The minimum atomic E-state index is -4.21. The Kier molecular flexibility index (Phi) is 5.00. The molecular weight excluding hydrogens is 267 g/mol. The van der Waals surface area contributed by atoms with Gasteiger partial charge >= 0.3 is 6.18 Å². The van der Waals surface area contributed by atoms with E-state index in [2.05, 4.69) is 19.2 Å². The number of hydrogen-bond donors (Lipinski definition) is 1. The second-order valence-corrected chi connectivity index (χ2v) is 7.01. The van der Waals surface area contributed by atoms with Crippen molar-refractivity contribution in [3.8, 4) is 0 Å². The molecule has 3 unspecified atom stereocenters. The van der Waals surface area contributed by atoms with Gasteiger partial charge in [0.25, 0.3) is 0 Å². The van der Waals surface area contributed by atoms with Crippen LogP contribution < -0.4 is 5.32 Å². The molecule has 118 valence electrons. The third-order valence-corrected chi connectivity index (χ3v) is 4.80. The van der Waals surface area contributed by atoms with E-state index in [1.807, 2.05) is 0 Å². The highest BCUT2D eigenvalue weighted by molar-refractivity contribution is 4.93. The van der Waals surface area contributed by atoms with Gasteiger partial charge < -0.3 is 10.1 Å². The molecule has 0 aromatic carbocycles. The molecule has 5 heteroatoms. The van der Waals surface area contributed by atoms with E-state index in [-0.39, 0.29) is 6.10 Å². The van der Waals surface area contributed by atoms with Gasteiger partial charge in [0.15, 0.2) is 0 Å². The molecule has 2 aliphatic carbocycles. The van der Waals surface area contributed by atoms with Crippen molar-refractivity contribution in [1.82, 2.24) is 5.32 Å². The van der Waals surface area contributed by atoms with Crippen molar-refractivity contribution in [1.29, 1.82) is 0 Å². The van der Waals surface area contributed by atoms with E-state index < -0.39 is 12.8 Å². The summed E-state index contributed by atoms with van der Waals surface area (Å²) < 4.78 is 41.6. The zero-order chi connectivity index (χ0) is 14.8. The summed E-state index contributed by atoms with van der Waals surface area (Å²) in [6.45, 7) is 3.44. The van der Waals surface area contributed by atoms with E-state index in [4.69, 9.17) is 4.74 Å². The van der Waals surface area contributed by atoms with Gasteiger partial charge in [0.05, 0.1) is 6.10 Å². The number of rotatable bonds is 4. The molecule has 2 fully saturated rings. The maximum atomic E-state index is 12.2. The zero-order valence-electron chi connectivity index (χ0n) is 12.4. The van der Waals surface area contributed by atoms with E-state index in [0.717, 1.165) is 19.3 Å². The molecule has 0 amide bonds. The van der Waals surface area contributed by atoms with Crippen molar-refractivity contribution >= 4 is 0 Å². The average Bonchev–Trinajstić information content (AvgIpc) is 2.66. The minimum Gasteiger partial charge on any atom is -0.369 e. The molecule has 0 saturated heterocycles. The lowest BCUT2D eigenvalue weighted by atomic mass is 9.85. The Balaban J connectivity index is 1.78. The summed E-state index contributed by atoms with van der Waals surface area (Å²) >= 11 is 0. The number of halogens is 3. The van der Waals surface area contributed by atoms with Crippen molar-refractivity contribution in [2.24, 2.45) is 5.41 Å². The lowest BCUT2D eigenvalue weighted by Crippen LogP contribution is -2.47. The molecule has 0 spiro atoms. The number of alkyl halides is 3. The van der Waals surface area contributed by atoms with Crippen LogP contribution in [0, 0.1) is 5.41 Å². The van der Waals surface area contributed by atoms with Gasteiger partial charge in [-0.1, -0.05) is 20.3 Å². The molecule has 0 heterocycles. The lowest BCUT2D eigenvalue weighted by molar-refractivity contribution is -0.188. The summed E-state index contributed by atoms with van der Waals surface area (Å²) in [6, 6.07) is 0.804. The van der Waals surface area contributed by atoms with Crippen molar-refractivity contribution < 1.29 is 17.9 Å². The van der Waals surface area contributed by atoms with Crippen molar-refractivity contribution in [3.05, 3.63) is 0 Å². The fourth-order valence-corrected chi connectivity index (χ4v) is 3.58. The lowest BCUT2D eigenvalue weighted by Gasteiger charge is -2.36. The highest BCUT2D eigenvalue weighted by atomic mass is 19.4. The molecule has 2 saturated carbocycles. The first kappa shape index (κ1) is 16.1. The van der Waals surface area contributed by atoms with Crippen molar-refractivity contribution in [2.75, 3.05) is 6.61 Å². The first-order chi connectivity index (χ1) is 9.26. The molecule has 20 heavy (non-hydrogen) atoms. The molecule has 0 aliphatic heterocycles. The molecule has 0 aromatic rings. The van der Waals surface area contributed by atoms with Crippen LogP contribution in [0.2, 0.25) is 0 Å². The van der Waals surface area contributed by atoms with Gasteiger partial charge in [-0.25, -0.2) is 0 Å². The van der Waals surface area contributed by atoms with Crippen LogP contribution in [-0.2, 0) is 4.74 Å². The van der Waals surface area contributed by atoms with Gasteiger partial charge in [-0.05, 0) is 43.9 Å². The molecule has 2 aliphatic rings. The Morgan fingerprint density at radius 2 is 1.90 bits per heavy atom. The Hall–Kier alpha value is -0.290. The third-order valence-electron chi connectivity index (χ3n) is 4.80. The molecule has 0 bridgehead atoms. The van der Waals surface area contributed by atoms with Crippen LogP contribution in [-0.4, -0.2) is 31.0 Å². The highest BCUT2D eigenvalue weighted by Crippen LogP contribution is 2.38. The molecule has 0 radical (unpaired) electrons. The fraction of sp³-hybridized carbons (Fsp3) is 1.00. The maximum absolute atomic E-state index is 12.2. The second-order valence-electron chi connectivity index (χ2n) is 7.01. The Morgan fingerprint density at radius 3 is 2.50 bits per heavy atom. The SMILES string of the molecule is CC1(C)CCCC1NC1CCCC(OCC(F)(F)F)C1. The monoisotopic (exact) mass is 293 g/mol. The Morgan fingerprint density at radius 1 is 1.15 bits per heavy atom. The molecule has 2 nitrogen and oxygen atoms in total. The van der Waals surface area contributed by atoms with E-state index in [9.17, 15) is 13.2 Å². The van der Waals surface area contributed by atoms with Gasteiger partial charge in [0.2, 0.25) is 0 Å². The largest absolute Gasteiger partial charge is 0.411 e. The van der Waals surface area contributed by atoms with E-state index in [1.165, 1.54) is 19.3 Å². The van der Waals surface area contributed by atoms with E-state index in [0.29, 0.717) is 23.9 Å². The van der Waals surface area contributed by atoms with Gasteiger partial charge in [-0.15, -0.1) is 0 Å². The summed E-state index contributed by atoms with van der Waals surface area (Å²) in [6.07, 6.45) is 2.66. The van der Waals surface area contributed by atoms with Gasteiger partial charge in [0, 0.05) is 12.1 Å². The Bertz CT molecular complexity index is 317. The quantitative estimate of drug-likeness (QED) is 0.844. The van der Waals surface area contributed by atoms with Crippen LogP contribution in [0.1, 0.15) is 58.8 Å². The molecule has 0 aromatic heterocycles. The summed E-state index contributed by atoms with van der Waals surface area (Å²) in [5.74, 6) is 0.